The smallest absolute Gasteiger partial charge is 0.225 e. The molecule has 0 heterocycles. The lowest BCUT2D eigenvalue weighted by Gasteiger charge is -2.25. The Kier molecular flexibility index (Phi) is 4.80. The third-order valence-electron chi connectivity index (χ3n) is 2.74. The first kappa shape index (κ1) is 15.1. The van der Waals surface area contributed by atoms with E-state index in [4.69, 9.17) is 5.14 Å². The summed E-state index contributed by atoms with van der Waals surface area (Å²) in [5, 5.41) is 6.04. The standard InChI is InChI=1S/C11H15Br2NO2S/c1-11(2,5-6-12)8-3-4-9(13)10(7-8)17(14,15)16/h3-4,7H,5-6H2,1-2H3,(H2,14,15,16). The van der Waals surface area contributed by atoms with E-state index < -0.39 is 10.0 Å². The fraction of sp³-hybridized carbons (Fsp3) is 0.455. The van der Waals surface area contributed by atoms with Gasteiger partial charge < -0.3 is 0 Å². The van der Waals surface area contributed by atoms with E-state index in [1.807, 2.05) is 6.07 Å². The number of hydrogen-bond acceptors (Lipinski definition) is 2. The van der Waals surface area contributed by atoms with Crippen molar-refractivity contribution in [2.75, 3.05) is 5.33 Å². The second kappa shape index (κ2) is 5.38. The van der Waals surface area contributed by atoms with E-state index in [0.29, 0.717) is 4.47 Å². The summed E-state index contributed by atoms with van der Waals surface area (Å²) in [6, 6.07) is 5.29. The normalized spacial score (nSPS) is 12.8. The van der Waals surface area contributed by atoms with Crippen LogP contribution in [0, 0.1) is 0 Å². The Bertz CT molecular complexity index is 512. The summed E-state index contributed by atoms with van der Waals surface area (Å²) >= 11 is 6.61. The van der Waals surface area contributed by atoms with E-state index in [0.717, 1.165) is 17.3 Å². The van der Waals surface area contributed by atoms with Gasteiger partial charge in [-0.1, -0.05) is 35.8 Å². The Labute approximate surface area is 119 Å². The molecule has 0 fully saturated rings. The molecule has 1 aromatic carbocycles. The predicted octanol–water partition coefficient (Wildman–Crippen LogP) is 3.16. The molecule has 0 unspecified atom stereocenters. The van der Waals surface area contributed by atoms with Gasteiger partial charge in [-0.3, -0.25) is 0 Å². The fourth-order valence-electron chi connectivity index (χ4n) is 1.52. The molecule has 1 aromatic rings. The molecule has 6 heteroatoms. The van der Waals surface area contributed by atoms with Crippen LogP contribution in [0.25, 0.3) is 0 Å². The molecule has 0 bridgehead atoms. The maximum atomic E-state index is 11.4. The summed E-state index contributed by atoms with van der Waals surface area (Å²) in [7, 11) is -3.69. The molecule has 2 N–H and O–H groups in total. The van der Waals surface area contributed by atoms with Crippen LogP contribution in [0.2, 0.25) is 0 Å². The highest BCUT2D eigenvalue weighted by molar-refractivity contribution is 9.10. The summed E-state index contributed by atoms with van der Waals surface area (Å²) in [6.45, 7) is 4.15. The molecule has 17 heavy (non-hydrogen) atoms. The highest BCUT2D eigenvalue weighted by atomic mass is 79.9. The highest BCUT2D eigenvalue weighted by Gasteiger charge is 2.22. The predicted molar refractivity (Wildman–Crippen MR) is 77.0 cm³/mol. The molecule has 96 valence electrons. The largest absolute Gasteiger partial charge is 0.239 e. The Morgan fingerprint density at radius 1 is 1.35 bits per heavy atom. The zero-order valence-electron chi connectivity index (χ0n) is 9.70. The number of sulfonamides is 1. The van der Waals surface area contributed by atoms with Gasteiger partial charge in [0.1, 0.15) is 0 Å². The van der Waals surface area contributed by atoms with Gasteiger partial charge in [-0.15, -0.1) is 0 Å². The van der Waals surface area contributed by atoms with Crippen molar-refractivity contribution in [1.82, 2.24) is 0 Å². The second-order valence-corrected chi connectivity index (χ2v) is 7.69. The number of benzene rings is 1. The first-order valence-corrected chi connectivity index (χ1v) is 8.53. The Morgan fingerprint density at radius 2 is 1.94 bits per heavy atom. The molecule has 0 spiro atoms. The quantitative estimate of drug-likeness (QED) is 0.810. The van der Waals surface area contributed by atoms with Gasteiger partial charge in [0.15, 0.2) is 0 Å². The van der Waals surface area contributed by atoms with Gasteiger partial charge in [-0.2, -0.15) is 0 Å². The second-order valence-electron chi connectivity index (χ2n) is 4.51. The highest BCUT2D eigenvalue weighted by Crippen LogP contribution is 2.32. The minimum atomic E-state index is -3.69. The van der Waals surface area contributed by atoms with Crippen molar-refractivity contribution in [3.05, 3.63) is 28.2 Å². The summed E-state index contributed by atoms with van der Waals surface area (Å²) in [6.07, 6.45) is 0.915. The van der Waals surface area contributed by atoms with Crippen molar-refractivity contribution in [3.63, 3.8) is 0 Å². The number of hydrogen-bond donors (Lipinski definition) is 1. The number of rotatable bonds is 4. The average molecular weight is 385 g/mol. The molecule has 0 saturated carbocycles. The number of alkyl halides is 1. The van der Waals surface area contributed by atoms with Crippen LogP contribution in [-0.2, 0) is 15.4 Å². The number of primary sulfonamides is 1. The molecular weight excluding hydrogens is 370 g/mol. The van der Waals surface area contributed by atoms with E-state index in [9.17, 15) is 8.42 Å². The van der Waals surface area contributed by atoms with Gasteiger partial charge in [-0.05, 0) is 45.5 Å². The van der Waals surface area contributed by atoms with E-state index in [2.05, 4.69) is 45.7 Å². The molecule has 0 amide bonds. The summed E-state index contributed by atoms with van der Waals surface area (Å²) < 4.78 is 23.4. The van der Waals surface area contributed by atoms with E-state index in [1.54, 1.807) is 12.1 Å². The van der Waals surface area contributed by atoms with Gasteiger partial charge in [0, 0.05) is 9.80 Å². The number of nitrogens with two attached hydrogens (primary N) is 1. The first-order chi connectivity index (χ1) is 7.68. The monoisotopic (exact) mass is 383 g/mol. The zero-order valence-corrected chi connectivity index (χ0v) is 13.7. The van der Waals surface area contributed by atoms with Gasteiger partial charge >= 0.3 is 0 Å². The lowest BCUT2D eigenvalue weighted by atomic mass is 9.82. The van der Waals surface area contributed by atoms with E-state index >= 15 is 0 Å². The van der Waals surface area contributed by atoms with Crippen molar-refractivity contribution in [2.24, 2.45) is 5.14 Å². The molecule has 0 saturated heterocycles. The van der Waals surface area contributed by atoms with E-state index in [1.165, 1.54) is 0 Å². The van der Waals surface area contributed by atoms with Crippen molar-refractivity contribution < 1.29 is 8.42 Å². The SMILES string of the molecule is CC(C)(CCBr)c1ccc(Br)c(S(N)(=O)=O)c1. The molecule has 0 aliphatic heterocycles. The Morgan fingerprint density at radius 3 is 2.41 bits per heavy atom. The average Bonchev–Trinajstić information content (AvgIpc) is 2.15. The molecule has 0 atom stereocenters. The molecule has 3 nitrogen and oxygen atoms in total. The first-order valence-electron chi connectivity index (χ1n) is 5.07. The van der Waals surface area contributed by atoms with Gasteiger partial charge in [0.25, 0.3) is 0 Å². The molecular formula is C11H15Br2NO2S. The Hall–Kier alpha value is 0.0900. The minimum absolute atomic E-state index is 0.0936. The van der Waals surface area contributed by atoms with Crippen molar-refractivity contribution >= 4 is 41.9 Å². The maximum absolute atomic E-state index is 11.4. The summed E-state index contributed by atoms with van der Waals surface area (Å²) in [5.74, 6) is 0. The lowest BCUT2D eigenvalue weighted by molar-refractivity contribution is 0.510. The summed E-state index contributed by atoms with van der Waals surface area (Å²) in [4.78, 5) is 0.137. The number of halogens is 2. The lowest BCUT2D eigenvalue weighted by Crippen LogP contribution is -2.20. The molecule has 1 rings (SSSR count). The van der Waals surface area contributed by atoms with Gasteiger partial charge in [-0.25, -0.2) is 13.6 Å². The summed E-state index contributed by atoms with van der Waals surface area (Å²) in [5.41, 5.74) is 0.869. The fourth-order valence-corrected chi connectivity index (χ4v) is 4.07. The van der Waals surface area contributed by atoms with Crippen LogP contribution in [0.5, 0.6) is 0 Å². The third kappa shape index (κ3) is 3.77. The molecule has 0 aliphatic carbocycles. The van der Waals surface area contributed by atoms with Crippen LogP contribution >= 0.6 is 31.9 Å². The Balaban J connectivity index is 3.32. The molecule has 0 aromatic heterocycles. The molecule has 0 aliphatic rings. The zero-order chi connectivity index (χ0) is 13.3. The van der Waals surface area contributed by atoms with Crippen molar-refractivity contribution in [2.45, 2.75) is 30.6 Å². The van der Waals surface area contributed by atoms with Crippen LogP contribution in [0.3, 0.4) is 0 Å². The minimum Gasteiger partial charge on any atom is -0.225 e. The van der Waals surface area contributed by atoms with Gasteiger partial charge in [0.2, 0.25) is 10.0 Å². The van der Waals surface area contributed by atoms with Crippen molar-refractivity contribution in [1.29, 1.82) is 0 Å². The van der Waals surface area contributed by atoms with Crippen LogP contribution < -0.4 is 5.14 Å². The van der Waals surface area contributed by atoms with E-state index in [-0.39, 0.29) is 10.3 Å². The van der Waals surface area contributed by atoms with Crippen LogP contribution in [-0.4, -0.2) is 13.7 Å². The maximum Gasteiger partial charge on any atom is 0.239 e. The topological polar surface area (TPSA) is 60.2 Å². The third-order valence-corrected chi connectivity index (χ3v) is 5.04. The molecule has 0 radical (unpaired) electrons. The van der Waals surface area contributed by atoms with Crippen LogP contribution in [0.1, 0.15) is 25.8 Å². The van der Waals surface area contributed by atoms with Gasteiger partial charge in [0.05, 0.1) is 4.90 Å². The van der Waals surface area contributed by atoms with Crippen molar-refractivity contribution in [3.8, 4) is 0 Å². The van der Waals surface area contributed by atoms with Crippen LogP contribution in [0.4, 0.5) is 0 Å². The van der Waals surface area contributed by atoms with Crippen LogP contribution in [0.15, 0.2) is 27.6 Å².